The van der Waals surface area contributed by atoms with Gasteiger partial charge in [0, 0.05) is 32.1 Å². The Morgan fingerprint density at radius 2 is 1.48 bits per heavy atom. The van der Waals surface area contributed by atoms with Crippen LogP contribution in [0.15, 0.2) is 60.7 Å². The molecule has 0 N–H and O–H groups in total. The van der Waals surface area contributed by atoms with Crippen molar-refractivity contribution in [2.24, 2.45) is 0 Å². The van der Waals surface area contributed by atoms with Crippen LogP contribution in [0.2, 0.25) is 0 Å². The van der Waals surface area contributed by atoms with Crippen LogP contribution < -0.4 is 4.90 Å². The number of carbonyl (C=O) groups is 2. The summed E-state index contributed by atoms with van der Waals surface area (Å²) >= 11 is 0. The molecular formula is C21H26N2O2. The van der Waals surface area contributed by atoms with Gasteiger partial charge in [-0.05, 0) is 24.1 Å². The fourth-order valence-electron chi connectivity index (χ4n) is 2.76. The molecule has 0 aliphatic carbocycles. The van der Waals surface area contributed by atoms with Crippen molar-refractivity contribution in [3.63, 3.8) is 0 Å². The van der Waals surface area contributed by atoms with E-state index in [1.54, 1.807) is 16.7 Å². The topological polar surface area (TPSA) is 40.6 Å². The summed E-state index contributed by atoms with van der Waals surface area (Å²) in [7, 11) is 0. The van der Waals surface area contributed by atoms with E-state index < -0.39 is 0 Å². The SMILES string of the molecule is CCCN(CCC(=O)N(Cc1ccccc1)c1ccccc1)C(C)=O. The molecule has 0 bridgehead atoms. The Bertz CT molecular complexity index is 671. The predicted octanol–water partition coefficient (Wildman–Crippen LogP) is 3.87. The summed E-state index contributed by atoms with van der Waals surface area (Å²) < 4.78 is 0. The third-order valence-corrected chi connectivity index (χ3v) is 4.09. The number of hydrogen-bond donors (Lipinski definition) is 0. The van der Waals surface area contributed by atoms with Gasteiger partial charge in [0.25, 0.3) is 0 Å². The van der Waals surface area contributed by atoms with Crippen LogP contribution in [0.1, 0.15) is 32.3 Å². The van der Waals surface area contributed by atoms with Gasteiger partial charge in [-0.1, -0.05) is 55.5 Å². The molecule has 2 aromatic rings. The Hall–Kier alpha value is -2.62. The molecule has 2 amide bonds. The van der Waals surface area contributed by atoms with Gasteiger partial charge in [0.05, 0.1) is 6.54 Å². The first-order valence-corrected chi connectivity index (χ1v) is 8.76. The van der Waals surface area contributed by atoms with Crippen LogP contribution in [0, 0.1) is 0 Å². The third-order valence-electron chi connectivity index (χ3n) is 4.09. The van der Waals surface area contributed by atoms with E-state index in [-0.39, 0.29) is 11.8 Å². The molecule has 0 fully saturated rings. The zero-order chi connectivity index (χ0) is 18.1. The number of carbonyl (C=O) groups excluding carboxylic acids is 2. The number of anilines is 1. The van der Waals surface area contributed by atoms with E-state index in [0.717, 1.165) is 17.7 Å². The molecule has 2 rings (SSSR count). The highest BCUT2D eigenvalue weighted by molar-refractivity contribution is 5.93. The Labute approximate surface area is 150 Å². The van der Waals surface area contributed by atoms with Gasteiger partial charge in [-0.3, -0.25) is 9.59 Å². The number of hydrogen-bond acceptors (Lipinski definition) is 2. The van der Waals surface area contributed by atoms with E-state index in [1.807, 2.05) is 67.6 Å². The highest BCUT2D eigenvalue weighted by Gasteiger charge is 2.18. The molecule has 132 valence electrons. The predicted molar refractivity (Wildman–Crippen MR) is 101 cm³/mol. The van der Waals surface area contributed by atoms with E-state index in [2.05, 4.69) is 0 Å². The van der Waals surface area contributed by atoms with Crippen LogP contribution in [0.3, 0.4) is 0 Å². The summed E-state index contributed by atoms with van der Waals surface area (Å²) in [6.07, 6.45) is 1.21. The van der Waals surface area contributed by atoms with Crippen LogP contribution in [0.25, 0.3) is 0 Å². The lowest BCUT2D eigenvalue weighted by Crippen LogP contribution is -2.36. The number of benzene rings is 2. The summed E-state index contributed by atoms with van der Waals surface area (Å²) in [6, 6.07) is 19.6. The minimum absolute atomic E-state index is 0.0176. The van der Waals surface area contributed by atoms with Gasteiger partial charge in [0.2, 0.25) is 11.8 Å². The van der Waals surface area contributed by atoms with Gasteiger partial charge < -0.3 is 9.80 Å². The second kappa shape index (κ2) is 9.62. The lowest BCUT2D eigenvalue weighted by Gasteiger charge is -2.25. The molecule has 0 radical (unpaired) electrons. The summed E-state index contributed by atoms with van der Waals surface area (Å²) in [5.41, 5.74) is 1.96. The number of nitrogens with zero attached hydrogens (tertiary/aromatic N) is 2. The minimum Gasteiger partial charge on any atom is -0.342 e. The molecule has 0 saturated heterocycles. The maximum absolute atomic E-state index is 12.9. The summed E-state index contributed by atoms with van der Waals surface area (Å²) in [5.74, 6) is 0.0429. The van der Waals surface area contributed by atoms with Crippen LogP contribution in [0.5, 0.6) is 0 Å². The van der Waals surface area contributed by atoms with Crippen molar-refractivity contribution in [1.82, 2.24) is 4.90 Å². The van der Waals surface area contributed by atoms with Crippen LogP contribution in [-0.4, -0.2) is 29.8 Å². The third kappa shape index (κ3) is 5.75. The van der Waals surface area contributed by atoms with Gasteiger partial charge in [0.15, 0.2) is 0 Å². The van der Waals surface area contributed by atoms with Gasteiger partial charge in [0.1, 0.15) is 0 Å². The molecule has 0 heterocycles. The van der Waals surface area contributed by atoms with E-state index in [0.29, 0.717) is 26.1 Å². The summed E-state index contributed by atoms with van der Waals surface area (Å²) in [4.78, 5) is 28.1. The van der Waals surface area contributed by atoms with Gasteiger partial charge >= 0.3 is 0 Å². The smallest absolute Gasteiger partial charge is 0.229 e. The van der Waals surface area contributed by atoms with Gasteiger partial charge in [-0.25, -0.2) is 0 Å². The second-order valence-corrected chi connectivity index (χ2v) is 6.06. The number of para-hydroxylation sites is 1. The Morgan fingerprint density at radius 1 is 0.880 bits per heavy atom. The van der Waals surface area contributed by atoms with Crippen molar-refractivity contribution >= 4 is 17.5 Å². The number of amides is 2. The quantitative estimate of drug-likeness (QED) is 0.733. The molecule has 2 aromatic carbocycles. The molecular weight excluding hydrogens is 312 g/mol. The van der Waals surface area contributed by atoms with Crippen LogP contribution in [0.4, 0.5) is 5.69 Å². The molecule has 0 saturated carbocycles. The Kier molecular flexibility index (Phi) is 7.20. The highest BCUT2D eigenvalue weighted by Crippen LogP contribution is 2.18. The molecule has 4 nitrogen and oxygen atoms in total. The average Bonchev–Trinajstić information content (AvgIpc) is 2.64. The fraction of sp³-hybridized carbons (Fsp3) is 0.333. The zero-order valence-electron chi connectivity index (χ0n) is 15.0. The van der Waals surface area contributed by atoms with Crippen LogP contribution in [-0.2, 0) is 16.1 Å². The summed E-state index contributed by atoms with van der Waals surface area (Å²) in [5, 5.41) is 0. The van der Waals surface area contributed by atoms with Gasteiger partial charge in [-0.2, -0.15) is 0 Å². The van der Waals surface area contributed by atoms with Crippen molar-refractivity contribution < 1.29 is 9.59 Å². The normalized spacial score (nSPS) is 10.3. The molecule has 0 atom stereocenters. The largest absolute Gasteiger partial charge is 0.342 e. The Balaban J connectivity index is 2.11. The molecule has 0 aliphatic heterocycles. The van der Waals surface area contributed by atoms with Crippen molar-refractivity contribution in [2.45, 2.75) is 33.2 Å². The van der Waals surface area contributed by atoms with Crippen molar-refractivity contribution in [1.29, 1.82) is 0 Å². The first kappa shape index (κ1) is 18.7. The molecule has 0 aliphatic rings. The van der Waals surface area contributed by atoms with E-state index in [4.69, 9.17) is 0 Å². The molecule has 0 spiro atoms. The highest BCUT2D eigenvalue weighted by atomic mass is 16.2. The fourth-order valence-corrected chi connectivity index (χ4v) is 2.76. The van der Waals surface area contributed by atoms with E-state index in [9.17, 15) is 9.59 Å². The maximum atomic E-state index is 12.9. The minimum atomic E-state index is 0.0176. The zero-order valence-corrected chi connectivity index (χ0v) is 15.0. The molecule has 4 heteroatoms. The second-order valence-electron chi connectivity index (χ2n) is 6.06. The maximum Gasteiger partial charge on any atom is 0.229 e. The van der Waals surface area contributed by atoms with E-state index in [1.165, 1.54) is 0 Å². The van der Waals surface area contributed by atoms with Crippen molar-refractivity contribution in [2.75, 3.05) is 18.0 Å². The van der Waals surface area contributed by atoms with Crippen molar-refractivity contribution in [3.05, 3.63) is 66.2 Å². The first-order valence-electron chi connectivity index (χ1n) is 8.76. The lowest BCUT2D eigenvalue weighted by atomic mass is 10.1. The Morgan fingerprint density at radius 3 is 2.04 bits per heavy atom. The molecule has 0 unspecified atom stereocenters. The molecule has 25 heavy (non-hydrogen) atoms. The summed E-state index contributed by atoms with van der Waals surface area (Å²) in [6.45, 7) is 5.26. The van der Waals surface area contributed by atoms with Crippen LogP contribution >= 0.6 is 0 Å². The van der Waals surface area contributed by atoms with E-state index >= 15 is 0 Å². The number of rotatable bonds is 8. The average molecular weight is 338 g/mol. The molecule has 0 aromatic heterocycles. The van der Waals surface area contributed by atoms with Crippen molar-refractivity contribution in [3.8, 4) is 0 Å². The first-order chi connectivity index (χ1) is 12.1. The lowest BCUT2D eigenvalue weighted by molar-refractivity contribution is -0.129. The van der Waals surface area contributed by atoms with Gasteiger partial charge in [-0.15, -0.1) is 0 Å². The monoisotopic (exact) mass is 338 g/mol. The standard InChI is InChI=1S/C21H26N2O2/c1-3-15-22(18(2)24)16-14-21(25)23(20-12-8-5-9-13-20)17-19-10-6-4-7-11-19/h4-13H,3,14-17H2,1-2H3.